The maximum Gasteiger partial charge on any atom is 0.320 e. The third-order valence-corrected chi connectivity index (χ3v) is 13.7. The lowest BCUT2D eigenvalue weighted by molar-refractivity contribution is -0.136. The zero-order chi connectivity index (χ0) is 41.2. The number of aromatic hydroxyl groups is 1. The van der Waals surface area contributed by atoms with E-state index in [0.29, 0.717) is 62.1 Å². The van der Waals surface area contributed by atoms with Crippen LogP contribution in [0.3, 0.4) is 0 Å². The first kappa shape index (κ1) is 39.0. The first-order chi connectivity index (χ1) is 28.4. The number of hydrogen-bond donors (Lipinski definition) is 3. The Kier molecular flexibility index (Phi) is 10.1. The lowest BCUT2D eigenvalue weighted by atomic mass is 9.87. The van der Waals surface area contributed by atoms with Gasteiger partial charge in [-0.1, -0.05) is 19.1 Å². The predicted molar refractivity (Wildman–Crippen MR) is 220 cm³/mol. The molecule has 0 saturated carbocycles. The number of halogens is 1. The van der Waals surface area contributed by atoms with Gasteiger partial charge in [-0.3, -0.25) is 24.6 Å². The van der Waals surface area contributed by atoms with E-state index in [9.17, 15) is 28.7 Å². The molecule has 0 aliphatic carbocycles. The summed E-state index contributed by atoms with van der Waals surface area (Å²) in [5.41, 5.74) is 3.71. The Labute approximate surface area is 343 Å². The maximum atomic E-state index is 14.4. The van der Waals surface area contributed by atoms with Crippen LogP contribution in [0.1, 0.15) is 68.8 Å². The van der Waals surface area contributed by atoms with Gasteiger partial charge in [0.05, 0.1) is 16.9 Å². The van der Waals surface area contributed by atoms with Gasteiger partial charge in [0.2, 0.25) is 11.8 Å². The van der Waals surface area contributed by atoms with E-state index in [1.807, 2.05) is 23.1 Å². The van der Waals surface area contributed by atoms with Crippen LogP contribution >= 0.6 is 0 Å². The molecule has 15 nitrogen and oxygen atoms in total. The number of benzene rings is 2. The van der Waals surface area contributed by atoms with E-state index in [2.05, 4.69) is 67.3 Å². The van der Waals surface area contributed by atoms with E-state index in [4.69, 9.17) is 0 Å². The summed E-state index contributed by atoms with van der Waals surface area (Å²) in [4.78, 5) is 64.9. The minimum Gasteiger partial charge on any atom is -0.504 e. The second-order valence-electron chi connectivity index (χ2n) is 17.4. The molecule has 9 rings (SSSR count). The standard InChI is InChI=1S/C43H53FN10O5/c1-4-43-24-45-39-36(19-34(47-48-39)31-6-5-7-33(44)38(31)56)53(43)17-16-51(25-43)42(59)54-26(2)20-49(21-27(54)3)22-28-12-14-50(15-13-28)30-9-8-29-23-52(41(58)32(29)18-30)35-10-11-37(55)46-40(35)57/h5-9,18-19,26-28,35,56H,4,10-17,20-25H2,1-3H3,(H,45,48)(H,46,55,57)/t26-,27-,35?,43?/m0/s1. The number of piperazine rings is 2. The molecule has 1 aromatic heterocycles. The molecule has 0 radical (unpaired) electrons. The average molecular weight is 809 g/mol. The maximum absolute atomic E-state index is 14.4. The smallest absolute Gasteiger partial charge is 0.320 e. The quantitative estimate of drug-likeness (QED) is 0.311. The number of aromatic nitrogens is 2. The van der Waals surface area contributed by atoms with E-state index < -0.39 is 23.5 Å². The van der Waals surface area contributed by atoms with Crippen LogP contribution in [0.2, 0.25) is 0 Å². The van der Waals surface area contributed by atoms with Gasteiger partial charge in [-0.15, -0.1) is 10.2 Å². The topological polar surface area (TPSA) is 158 Å². The lowest BCUT2D eigenvalue weighted by Gasteiger charge is -2.55. The van der Waals surface area contributed by atoms with Gasteiger partial charge in [0.15, 0.2) is 17.4 Å². The van der Waals surface area contributed by atoms with Gasteiger partial charge in [0.25, 0.3) is 5.91 Å². The Bertz CT molecular complexity index is 2170. The highest BCUT2D eigenvalue weighted by Crippen LogP contribution is 2.42. The summed E-state index contributed by atoms with van der Waals surface area (Å²) >= 11 is 0. The molecule has 5 amide bonds. The van der Waals surface area contributed by atoms with Crippen LogP contribution < -0.4 is 20.4 Å². The summed E-state index contributed by atoms with van der Waals surface area (Å²) in [5.74, 6) is -0.828. The molecule has 3 aromatic rings. The normalized spacial score (nSPS) is 26.3. The summed E-state index contributed by atoms with van der Waals surface area (Å²) in [5, 5.41) is 24.9. The monoisotopic (exact) mass is 808 g/mol. The highest BCUT2D eigenvalue weighted by Gasteiger charge is 2.48. The number of anilines is 3. The number of hydrogen-bond acceptors (Lipinski definition) is 11. The van der Waals surface area contributed by atoms with Crippen LogP contribution in [0.15, 0.2) is 42.5 Å². The second kappa shape index (κ2) is 15.3. The Balaban J connectivity index is 0.792. The fraction of sp³-hybridized carbons (Fsp3) is 0.535. The van der Waals surface area contributed by atoms with Gasteiger partial charge in [0.1, 0.15) is 6.04 Å². The molecule has 6 aliphatic heterocycles. The van der Waals surface area contributed by atoms with Crippen molar-refractivity contribution in [2.24, 2.45) is 5.92 Å². The van der Waals surface area contributed by atoms with Crippen molar-refractivity contribution < 1.29 is 28.7 Å². The third-order valence-electron chi connectivity index (χ3n) is 13.7. The van der Waals surface area contributed by atoms with Gasteiger partial charge in [-0.05, 0) is 81.3 Å². The summed E-state index contributed by atoms with van der Waals surface area (Å²) < 4.78 is 14.2. The third kappa shape index (κ3) is 6.98. The molecular weight excluding hydrogens is 756 g/mol. The van der Waals surface area contributed by atoms with Crippen LogP contribution in [0.5, 0.6) is 5.75 Å². The summed E-state index contributed by atoms with van der Waals surface area (Å²) in [6.45, 7) is 13.5. The molecule has 4 saturated heterocycles. The van der Waals surface area contributed by atoms with Crippen molar-refractivity contribution in [3.63, 3.8) is 0 Å². The Hall–Kier alpha value is -5.51. The molecule has 0 bridgehead atoms. The molecule has 6 aliphatic rings. The number of fused-ring (bicyclic) bond motifs is 4. The number of phenolic OH excluding ortho intramolecular Hbond substituents is 1. The number of piperidine rings is 2. The van der Waals surface area contributed by atoms with Crippen LogP contribution in [-0.2, 0) is 16.1 Å². The van der Waals surface area contributed by atoms with Gasteiger partial charge < -0.3 is 34.9 Å². The Morgan fingerprint density at radius 3 is 2.49 bits per heavy atom. The number of imide groups is 1. The van der Waals surface area contributed by atoms with E-state index >= 15 is 0 Å². The second-order valence-corrected chi connectivity index (χ2v) is 17.4. The fourth-order valence-corrected chi connectivity index (χ4v) is 10.5. The number of amides is 5. The van der Waals surface area contributed by atoms with Crippen molar-refractivity contribution in [1.82, 2.24) is 35.1 Å². The number of phenols is 1. The van der Waals surface area contributed by atoms with Crippen molar-refractivity contribution in [2.45, 2.75) is 83.1 Å². The number of carbonyl (C=O) groups excluding carboxylic acids is 4. The van der Waals surface area contributed by atoms with Crippen LogP contribution in [0, 0.1) is 11.7 Å². The number of nitrogens with zero attached hydrogens (tertiary/aromatic N) is 8. The van der Waals surface area contributed by atoms with E-state index in [0.717, 1.165) is 68.9 Å². The average Bonchev–Trinajstić information content (AvgIpc) is 3.56. The molecule has 7 heterocycles. The first-order valence-electron chi connectivity index (χ1n) is 21.1. The molecule has 4 fully saturated rings. The van der Waals surface area contributed by atoms with E-state index in [1.165, 1.54) is 6.07 Å². The summed E-state index contributed by atoms with van der Waals surface area (Å²) in [7, 11) is 0. The molecule has 4 atom stereocenters. The van der Waals surface area contributed by atoms with Gasteiger partial charge in [0, 0.05) is 101 Å². The SMILES string of the molecule is CCC12CNc3nnc(-c4cccc(F)c4O)cc3N1CCN(C(=O)N1[C@@H](C)CN(CC3CCN(c4ccc5c(c4)C(=O)N(C4CCC(=O)NC4=O)C5)CC3)C[C@@H]1C)C2. The number of urea groups is 1. The number of carbonyl (C=O) groups is 4. The van der Waals surface area contributed by atoms with Crippen molar-refractivity contribution in [3.05, 3.63) is 59.4 Å². The molecule has 0 spiro atoms. The molecule has 2 aromatic carbocycles. The van der Waals surface area contributed by atoms with Gasteiger partial charge in [-0.2, -0.15) is 0 Å². The minimum absolute atomic E-state index is 0.0487. The van der Waals surface area contributed by atoms with Crippen LogP contribution in [0.25, 0.3) is 11.3 Å². The molecule has 2 unspecified atom stereocenters. The van der Waals surface area contributed by atoms with Crippen molar-refractivity contribution in [3.8, 4) is 17.0 Å². The van der Waals surface area contributed by atoms with Gasteiger partial charge >= 0.3 is 6.03 Å². The van der Waals surface area contributed by atoms with E-state index in [1.54, 1.807) is 17.0 Å². The lowest BCUT2D eigenvalue weighted by Crippen LogP contribution is -2.70. The van der Waals surface area contributed by atoms with Crippen molar-refractivity contribution in [1.29, 1.82) is 0 Å². The van der Waals surface area contributed by atoms with E-state index in [-0.39, 0.29) is 47.5 Å². The predicted octanol–water partition coefficient (Wildman–Crippen LogP) is 3.88. The number of rotatable bonds is 6. The molecular formula is C43H53FN10O5. The Morgan fingerprint density at radius 1 is 0.966 bits per heavy atom. The zero-order valence-corrected chi connectivity index (χ0v) is 34.0. The molecule has 3 N–H and O–H groups in total. The highest BCUT2D eigenvalue weighted by molar-refractivity contribution is 6.05. The summed E-state index contributed by atoms with van der Waals surface area (Å²) in [6, 6.07) is 11.8. The minimum atomic E-state index is -0.712. The highest BCUT2D eigenvalue weighted by atomic mass is 19.1. The van der Waals surface area contributed by atoms with Crippen molar-refractivity contribution >= 4 is 40.9 Å². The fourth-order valence-electron chi connectivity index (χ4n) is 10.5. The largest absolute Gasteiger partial charge is 0.504 e. The number of nitrogens with one attached hydrogen (secondary N) is 2. The van der Waals surface area contributed by atoms with Gasteiger partial charge in [-0.25, -0.2) is 9.18 Å². The van der Waals surface area contributed by atoms with Crippen LogP contribution in [-0.4, -0.2) is 141 Å². The first-order valence-corrected chi connectivity index (χ1v) is 21.1. The van der Waals surface area contributed by atoms with Crippen molar-refractivity contribution in [2.75, 3.05) is 74.0 Å². The molecule has 312 valence electrons. The summed E-state index contributed by atoms with van der Waals surface area (Å²) in [6.07, 6.45) is 3.45. The molecule has 16 heteroatoms. The van der Waals surface area contributed by atoms with Crippen LogP contribution in [0.4, 0.5) is 26.4 Å². The Morgan fingerprint density at radius 2 is 1.75 bits per heavy atom. The number of para-hydroxylation sites is 1. The molecule has 59 heavy (non-hydrogen) atoms. The zero-order valence-electron chi connectivity index (χ0n) is 34.0.